The molecule has 0 saturated carbocycles. The van der Waals surface area contributed by atoms with Gasteiger partial charge in [-0.2, -0.15) is 4.72 Å². The van der Waals surface area contributed by atoms with E-state index in [4.69, 9.17) is 10.5 Å². The van der Waals surface area contributed by atoms with E-state index in [0.717, 1.165) is 18.2 Å². The Morgan fingerprint density at radius 2 is 2.14 bits per heavy atom. The molecule has 9 heteroatoms. The average Bonchev–Trinajstić information content (AvgIpc) is 2.38. The lowest BCUT2D eigenvalue weighted by Gasteiger charge is -2.13. The molecule has 0 radical (unpaired) electrons. The van der Waals surface area contributed by atoms with Gasteiger partial charge in [0, 0.05) is 5.56 Å². The minimum atomic E-state index is -4.03. The van der Waals surface area contributed by atoms with E-state index < -0.39 is 27.9 Å². The van der Waals surface area contributed by atoms with E-state index in [1.807, 2.05) is 0 Å². The van der Waals surface area contributed by atoms with Gasteiger partial charge in [0.1, 0.15) is 16.8 Å². The van der Waals surface area contributed by atoms with Crippen molar-refractivity contribution in [1.29, 1.82) is 0 Å². The standard InChI is InChI=1S/C12H15FN2O4S2/c1-3-19-12(16)7(2)15-21(17,18)8-4-5-10(13)9(6-8)11(14)20/h4-7,15H,3H2,1-2H3,(H2,14,20). The summed E-state index contributed by atoms with van der Waals surface area (Å²) in [6.45, 7) is 3.08. The Bertz CT molecular complexity index is 661. The molecule has 0 aliphatic heterocycles. The van der Waals surface area contributed by atoms with Crippen molar-refractivity contribution >= 4 is 33.2 Å². The summed E-state index contributed by atoms with van der Waals surface area (Å²) < 4.78 is 44.5. The Kier molecular flexibility index (Phi) is 5.76. The smallest absolute Gasteiger partial charge is 0.323 e. The first kappa shape index (κ1) is 17.5. The lowest BCUT2D eigenvalue weighted by Crippen LogP contribution is -2.39. The molecule has 1 aromatic rings. The Labute approximate surface area is 127 Å². The largest absolute Gasteiger partial charge is 0.465 e. The lowest BCUT2D eigenvalue weighted by atomic mass is 10.2. The summed E-state index contributed by atoms with van der Waals surface area (Å²) in [5.74, 6) is -1.43. The predicted molar refractivity (Wildman–Crippen MR) is 78.7 cm³/mol. The van der Waals surface area contributed by atoms with E-state index in [1.54, 1.807) is 6.92 Å². The summed E-state index contributed by atoms with van der Waals surface area (Å²) in [4.78, 5) is 10.9. The number of ether oxygens (including phenoxy) is 1. The summed E-state index contributed by atoms with van der Waals surface area (Å²) in [6.07, 6.45) is 0. The molecule has 0 saturated heterocycles. The van der Waals surface area contributed by atoms with Gasteiger partial charge in [0.25, 0.3) is 0 Å². The average molecular weight is 334 g/mol. The number of sulfonamides is 1. The van der Waals surface area contributed by atoms with Crippen LogP contribution in [0.1, 0.15) is 19.4 Å². The molecular weight excluding hydrogens is 319 g/mol. The molecule has 0 aliphatic carbocycles. The maximum absolute atomic E-state index is 13.4. The second-order valence-corrected chi connectivity index (χ2v) is 6.25. The van der Waals surface area contributed by atoms with E-state index in [9.17, 15) is 17.6 Å². The van der Waals surface area contributed by atoms with E-state index in [-0.39, 0.29) is 22.1 Å². The number of benzene rings is 1. The quantitative estimate of drug-likeness (QED) is 0.587. The van der Waals surface area contributed by atoms with Crippen molar-refractivity contribution in [2.45, 2.75) is 24.8 Å². The molecule has 0 amide bonds. The first-order valence-electron chi connectivity index (χ1n) is 5.97. The summed E-state index contributed by atoms with van der Waals surface area (Å²) >= 11 is 4.64. The second kappa shape index (κ2) is 6.92. The number of halogens is 1. The van der Waals surface area contributed by atoms with E-state index in [1.165, 1.54) is 6.92 Å². The summed E-state index contributed by atoms with van der Waals surface area (Å²) in [5, 5.41) is 0. The summed E-state index contributed by atoms with van der Waals surface area (Å²) in [5.41, 5.74) is 5.13. The minimum Gasteiger partial charge on any atom is -0.465 e. The topological polar surface area (TPSA) is 98.5 Å². The summed E-state index contributed by atoms with van der Waals surface area (Å²) in [7, 11) is -4.03. The highest BCUT2D eigenvalue weighted by atomic mass is 32.2. The number of rotatable bonds is 6. The Morgan fingerprint density at radius 1 is 1.52 bits per heavy atom. The third-order valence-corrected chi connectivity index (χ3v) is 4.24. The summed E-state index contributed by atoms with van der Waals surface area (Å²) in [6, 6.07) is 1.93. The molecule has 0 aromatic heterocycles. The first-order chi connectivity index (χ1) is 9.69. The molecule has 6 nitrogen and oxygen atoms in total. The van der Waals surface area contributed by atoms with Gasteiger partial charge in [-0.3, -0.25) is 4.79 Å². The van der Waals surface area contributed by atoms with Crippen molar-refractivity contribution in [3.05, 3.63) is 29.6 Å². The fraction of sp³-hybridized carbons (Fsp3) is 0.333. The van der Waals surface area contributed by atoms with Gasteiger partial charge in [-0.25, -0.2) is 12.8 Å². The van der Waals surface area contributed by atoms with Crippen LogP contribution in [0.4, 0.5) is 4.39 Å². The first-order valence-corrected chi connectivity index (χ1v) is 7.86. The number of carbonyl (C=O) groups is 1. The Morgan fingerprint density at radius 3 is 2.67 bits per heavy atom. The van der Waals surface area contributed by atoms with Crippen molar-refractivity contribution in [3.8, 4) is 0 Å². The van der Waals surface area contributed by atoms with Gasteiger partial charge in [0.05, 0.1) is 11.5 Å². The molecule has 0 aliphatic rings. The molecule has 0 fully saturated rings. The van der Waals surface area contributed by atoms with Crippen molar-refractivity contribution in [3.63, 3.8) is 0 Å². The van der Waals surface area contributed by atoms with Crippen molar-refractivity contribution in [1.82, 2.24) is 4.72 Å². The molecular formula is C12H15FN2O4S2. The number of nitrogens with one attached hydrogen (secondary N) is 1. The second-order valence-electron chi connectivity index (χ2n) is 4.10. The van der Waals surface area contributed by atoms with Crippen LogP contribution in [0.15, 0.2) is 23.1 Å². The van der Waals surface area contributed by atoms with Gasteiger partial charge in [0.15, 0.2) is 0 Å². The molecule has 0 bridgehead atoms. The van der Waals surface area contributed by atoms with Crippen LogP contribution in [0.5, 0.6) is 0 Å². The molecule has 0 heterocycles. The molecule has 0 spiro atoms. The van der Waals surface area contributed by atoms with Gasteiger partial charge >= 0.3 is 5.97 Å². The molecule has 1 unspecified atom stereocenters. The number of hydrogen-bond acceptors (Lipinski definition) is 5. The normalized spacial score (nSPS) is 12.7. The zero-order chi connectivity index (χ0) is 16.2. The van der Waals surface area contributed by atoms with Crippen LogP contribution in [0.3, 0.4) is 0 Å². The van der Waals surface area contributed by atoms with Crippen molar-refractivity contribution in [2.75, 3.05) is 6.61 Å². The fourth-order valence-electron chi connectivity index (χ4n) is 1.48. The van der Waals surface area contributed by atoms with E-state index in [2.05, 4.69) is 16.9 Å². The van der Waals surface area contributed by atoms with Crippen LogP contribution in [-0.2, 0) is 19.6 Å². The SMILES string of the molecule is CCOC(=O)C(C)NS(=O)(=O)c1ccc(F)c(C(N)=S)c1. The van der Waals surface area contributed by atoms with Crippen LogP contribution >= 0.6 is 12.2 Å². The van der Waals surface area contributed by atoms with Gasteiger partial charge in [0.2, 0.25) is 10.0 Å². The minimum absolute atomic E-state index is 0.132. The highest BCUT2D eigenvalue weighted by molar-refractivity contribution is 7.89. The van der Waals surface area contributed by atoms with Crippen LogP contribution < -0.4 is 10.5 Å². The van der Waals surface area contributed by atoms with Crippen LogP contribution in [-0.4, -0.2) is 32.0 Å². The van der Waals surface area contributed by atoms with Crippen molar-refractivity contribution < 1.29 is 22.3 Å². The number of esters is 1. The lowest BCUT2D eigenvalue weighted by molar-refractivity contribution is -0.144. The Hall–Kier alpha value is -1.58. The Balaban J connectivity index is 3.06. The van der Waals surface area contributed by atoms with E-state index in [0.29, 0.717) is 0 Å². The molecule has 1 aromatic carbocycles. The van der Waals surface area contributed by atoms with Crippen LogP contribution in [0.2, 0.25) is 0 Å². The maximum atomic E-state index is 13.4. The molecule has 3 N–H and O–H groups in total. The van der Waals surface area contributed by atoms with E-state index >= 15 is 0 Å². The van der Waals surface area contributed by atoms with Crippen molar-refractivity contribution in [2.24, 2.45) is 5.73 Å². The number of thiocarbonyl (C=S) groups is 1. The maximum Gasteiger partial charge on any atom is 0.323 e. The number of nitrogens with two attached hydrogens (primary N) is 1. The van der Waals surface area contributed by atoms with Crippen LogP contribution in [0.25, 0.3) is 0 Å². The van der Waals surface area contributed by atoms with Gasteiger partial charge in [-0.1, -0.05) is 12.2 Å². The predicted octanol–water partition coefficient (Wildman–Crippen LogP) is 0.690. The third kappa shape index (κ3) is 4.45. The van der Waals surface area contributed by atoms with Crippen LogP contribution in [0, 0.1) is 5.82 Å². The zero-order valence-corrected chi connectivity index (χ0v) is 13.1. The number of carbonyl (C=O) groups excluding carboxylic acids is 1. The van der Waals surface area contributed by atoms with Gasteiger partial charge in [-0.05, 0) is 32.0 Å². The third-order valence-electron chi connectivity index (χ3n) is 2.49. The highest BCUT2D eigenvalue weighted by Crippen LogP contribution is 2.15. The molecule has 1 atom stereocenters. The van der Waals surface area contributed by atoms with Gasteiger partial charge in [-0.15, -0.1) is 0 Å². The molecule has 1 rings (SSSR count). The van der Waals surface area contributed by atoms with Gasteiger partial charge < -0.3 is 10.5 Å². The monoisotopic (exact) mass is 334 g/mol. The highest BCUT2D eigenvalue weighted by Gasteiger charge is 2.24. The number of hydrogen-bond donors (Lipinski definition) is 2. The molecule has 116 valence electrons. The fourth-order valence-corrected chi connectivity index (χ4v) is 2.85. The molecule has 21 heavy (non-hydrogen) atoms. The zero-order valence-electron chi connectivity index (χ0n) is 11.4.